The van der Waals surface area contributed by atoms with Crippen molar-refractivity contribution in [1.82, 2.24) is 15.5 Å². The van der Waals surface area contributed by atoms with Crippen LogP contribution in [-0.4, -0.2) is 16.7 Å². The first kappa shape index (κ1) is 11.6. The first-order chi connectivity index (χ1) is 7.70. The van der Waals surface area contributed by atoms with Gasteiger partial charge in [0.05, 0.1) is 6.04 Å². The Morgan fingerprint density at radius 1 is 1.50 bits per heavy atom. The van der Waals surface area contributed by atoms with Gasteiger partial charge >= 0.3 is 0 Å². The Kier molecular flexibility index (Phi) is 3.59. The molecule has 3 unspecified atom stereocenters. The molecule has 90 valence electrons. The molecule has 3 atom stereocenters. The summed E-state index contributed by atoms with van der Waals surface area (Å²) < 4.78 is 5.30. The molecule has 0 aromatic carbocycles. The predicted molar refractivity (Wildman–Crippen MR) is 62.1 cm³/mol. The molecular formula is C12H21N3O. The van der Waals surface area contributed by atoms with Crippen molar-refractivity contribution in [3.8, 4) is 0 Å². The minimum atomic E-state index is 0.157. The van der Waals surface area contributed by atoms with Crippen LogP contribution < -0.4 is 5.32 Å². The van der Waals surface area contributed by atoms with Gasteiger partial charge in [0.15, 0.2) is 5.82 Å². The number of nitrogens with one attached hydrogen (secondary N) is 1. The fourth-order valence-electron chi connectivity index (χ4n) is 2.42. The lowest BCUT2D eigenvalue weighted by molar-refractivity contribution is 0.336. The van der Waals surface area contributed by atoms with Crippen LogP contribution in [0, 0.1) is 5.92 Å². The van der Waals surface area contributed by atoms with Crippen LogP contribution in [0.2, 0.25) is 0 Å². The fraction of sp³-hybridized carbons (Fsp3) is 0.833. The minimum absolute atomic E-state index is 0.157. The SMILES string of the molecule is CCNC(C)c1nc(C2CCC(C)C2)no1. The lowest BCUT2D eigenvalue weighted by Gasteiger charge is -2.05. The van der Waals surface area contributed by atoms with E-state index < -0.39 is 0 Å². The molecule has 0 radical (unpaired) electrons. The van der Waals surface area contributed by atoms with Gasteiger partial charge < -0.3 is 9.84 Å². The zero-order valence-corrected chi connectivity index (χ0v) is 10.4. The third-order valence-corrected chi connectivity index (χ3v) is 3.40. The molecule has 4 nitrogen and oxygen atoms in total. The van der Waals surface area contributed by atoms with Crippen LogP contribution in [0.1, 0.15) is 63.7 Å². The van der Waals surface area contributed by atoms with E-state index in [0.717, 1.165) is 24.2 Å². The molecule has 0 saturated heterocycles. The molecule has 0 aliphatic heterocycles. The maximum atomic E-state index is 5.30. The van der Waals surface area contributed by atoms with Crippen LogP contribution in [0.15, 0.2) is 4.52 Å². The van der Waals surface area contributed by atoms with Gasteiger partial charge in [0.1, 0.15) is 0 Å². The third kappa shape index (κ3) is 2.43. The second-order valence-corrected chi connectivity index (χ2v) is 4.89. The molecule has 0 amide bonds. The van der Waals surface area contributed by atoms with Crippen LogP contribution in [0.3, 0.4) is 0 Å². The van der Waals surface area contributed by atoms with E-state index in [0.29, 0.717) is 5.92 Å². The van der Waals surface area contributed by atoms with E-state index in [1.807, 2.05) is 0 Å². The first-order valence-electron chi connectivity index (χ1n) is 6.27. The Balaban J connectivity index is 2.01. The summed E-state index contributed by atoms with van der Waals surface area (Å²) in [6, 6.07) is 0.157. The Morgan fingerprint density at radius 2 is 2.31 bits per heavy atom. The molecule has 1 heterocycles. The van der Waals surface area contributed by atoms with Gasteiger partial charge in [-0.15, -0.1) is 0 Å². The molecular weight excluding hydrogens is 202 g/mol. The van der Waals surface area contributed by atoms with Gasteiger partial charge in [-0.2, -0.15) is 4.98 Å². The average Bonchev–Trinajstić information content (AvgIpc) is 2.85. The standard InChI is InChI=1S/C12H21N3O/c1-4-13-9(3)12-14-11(15-16-12)10-6-5-8(2)7-10/h8-10,13H,4-7H2,1-3H3. The molecule has 1 aromatic rings. The highest BCUT2D eigenvalue weighted by molar-refractivity contribution is 5.00. The van der Waals surface area contributed by atoms with Crippen LogP contribution in [-0.2, 0) is 0 Å². The van der Waals surface area contributed by atoms with E-state index in [1.54, 1.807) is 0 Å². The van der Waals surface area contributed by atoms with Crippen LogP contribution in [0.25, 0.3) is 0 Å². The van der Waals surface area contributed by atoms with Crippen molar-refractivity contribution < 1.29 is 4.52 Å². The molecule has 1 N–H and O–H groups in total. The zero-order chi connectivity index (χ0) is 11.5. The van der Waals surface area contributed by atoms with E-state index >= 15 is 0 Å². The number of rotatable bonds is 4. The summed E-state index contributed by atoms with van der Waals surface area (Å²) in [5.41, 5.74) is 0. The normalized spacial score (nSPS) is 27.2. The van der Waals surface area contributed by atoms with Crippen molar-refractivity contribution >= 4 is 0 Å². The molecule has 16 heavy (non-hydrogen) atoms. The topological polar surface area (TPSA) is 51.0 Å². The number of nitrogens with zero attached hydrogens (tertiary/aromatic N) is 2. The summed E-state index contributed by atoms with van der Waals surface area (Å²) in [7, 11) is 0. The Labute approximate surface area is 96.8 Å². The second kappa shape index (κ2) is 4.95. The van der Waals surface area contributed by atoms with E-state index in [4.69, 9.17) is 4.52 Å². The molecule has 1 fully saturated rings. The highest BCUT2D eigenvalue weighted by Gasteiger charge is 2.27. The fourth-order valence-corrected chi connectivity index (χ4v) is 2.42. The smallest absolute Gasteiger partial charge is 0.243 e. The van der Waals surface area contributed by atoms with Crippen molar-refractivity contribution in [3.05, 3.63) is 11.7 Å². The monoisotopic (exact) mass is 223 g/mol. The van der Waals surface area contributed by atoms with Gasteiger partial charge in [-0.25, -0.2) is 0 Å². The first-order valence-corrected chi connectivity index (χ1v) is 6.27. The summed E-state index contributed by atoms with van der Waals surface area (Å²) in [5, 5.41) is 7.39. The van der Waals surface area contributed by atoms with Crippen molar-refractivity contribution in [2.24, 2.45) is 5.92 Å². The van der Waals surface area contributed by atoms with Gasteiger partial charge in [0, 0.05) is 5.92 Å². The molecule has 0 spiro atoms. The van der Waals surface area contributed by atoms with Crippen LogP contribution in [0.4, 0.5) is 0 Å². The molecule has 4 heteroatoms. The highest BCUT2D eigenvalue weighted by atomic mass is 16.5. The van der Waals surface area contributed by atoms with Crippen molar-refractivity contribution in [2.45, 2.75) is 52.0 Å². The average molecular weight is 223 g/mol. The third-order valence-electron chi connectivity index (χ3n) is 3.40. The number of hydrogen-bond donors (Lipinski definition) is 1. The van der Waals surface area contributed by atoms with E-state index in [9.17, 15) is 0 Å². The summed E-state index contributed by atoms with van der Waals surface area (Å²) in [6.07, 6.45) is 3.70. The van der Waals surface area contributed by atoms with Crippen LogP contribution in [0.5, 0.6) is 0 Å². The molecule has 1 aromatic heterocycles. The van der Waals surface area contributed by atoms with Crippen molar-refractivity contribution in [1.29, 1.82) is 0 Å². The minimum Gasteiger partial charge on any atom is -0.338 e. The lowest BCUT2D eigenvalue weighted by atomic mass is 10.1. The summed E-state index contributed by atoms with van der Waals surface area (Å²) in [5.74, 6) is 2.94. The second-order valence-electron chi connectivity index (χ2n) is 4.89. The zero-order valence-electron chi connectivity index (χ0n) is 10.4. The summed E-state index contributed by atoms with van der Waals surface area (Å²) >= 11 is 0. The van der Waals surface area contributed by atoms with Gasteiger partial charge in [-0.3, -0.25) is 0 Å². The van der Waals surface area contributed by atoms with Gasteiger partial charge in [-0.05, 0) is 38.6 Å². The lowest BCUT2D eigenvalue weighted by Crippen LogP contribution is -2.18. The Hall–Kier alpha value is -0.900. The molecule has 0 bridgehead atoms. The van der Waals surface area contributed by atoms with Gasteiger partial charge in [-0.1, -0.05) is 19.0 Å². The van der Waals surface area contributed by atoms with Crippen LogP contribution >= 0.6 is 0 Å². The number of aromatic nitrogens is 2. The largest absolute Gasteiger partial charge is 0.338 e. The maximum absolute atomic E-state index is 5.30. The Morgan fingerprint density at radius 3 is 2.94 bits per heavy atom. The molecule has 1 aliphatic carbocycles. The van der Waals surface area contributed by atoms with Crippen molar-refractivity contribution in [2.75, 3.05) is 6.54 Å². The number of hydrogen-bond acceptors (Lipinski definition) is 4. The highest BCUT2D eigenvalue weighted by Crippen LogP contribution is 2.36. The van der Waals surface area contributed by atoms with E-state index in [-0.39, 0.29) is 6.04 Å². The Bertz CT molecular complexity index is 337. The van der Waals surface area contributed by atoms with Gasteiger partial charge in [0.2, 0.25) is 5.89 Å². The quantitative estimate of drug-likeness (QED) is 0.852. The van der Waals surface area contributed by atoms with Crippen molar-refractivity contribution in [3.63, 3.8) is 0 Å². The predicted octanol–water partition coefficient (Wildman–Crippen LogP) is 2.64. The molecule has 1 saturated carbocycles. The maximum Gasteiger partial charge on any atom is 0.243 e. The van der Waals surface area contributed by atoms with Gasteiger partial charge in [0.25, 0.3) is 0 Å². The van der Waals surface area contributed by atoms with E-state index in [2.05, 4.69) is 36.2 Å². The van der Waals surface area contributed by atoms with E-state index in [1.165, 1.54) is 19.3 Å². The summed E-state index contributed by atoms with van der Waals surface area (Å²) in [4.78, 5) is 4.50. The molecule has 1 aliphatic rings. The summed E-state index contributed by atoms with van der Waals surface area (Å²) in [6.45, 7) is 7.34. The molecule has 2 rings (SSSR count).